The standard InChI is InChI=1S/C14H18N4O/c1-18-7-6-16-13(10-18)8-14(19)17-12-4-2-11(9-15)3-5-12/h2-5,13,16H,6-8,10H2,1H3,(H,17,19). The van der Waals surface area contributed by atoms with E-state index in [9.17, 15) is 4.79 Å². The van der Waals surface area contributed by atoms with Crippen molar-refractivity contribution in [2.24, 2.45) is 0 Å². The first-order valence-corrected chi connectivity index (χ1v) is 6.39. The molecular weight excluding hydrogens is 240 g/mol. The molecule has 1 heterocycles. The van der Waals surface area contributed by atoms with Crippen LogP contribution < -0.4 is 10.6 Å². The smallest absolute Gasteiger partial charge is 0.225 e. The van der Waals surface area contributed by atoms with Crippen LogP contribution in [0.1, 0.15) is 12.0 Å². The van der Waals surface area contributed by atoms with Gasteiger partial charge in [0.05, 0.1) is 11.6 Å². The first-order chi connectivity index (χ1) is 9.17. The largest absolute Gasteiger partial charge is 0.326 e. The third-order valence-electron chi connectivity index (χ3n) is 3.19. The van der Waals surface area contributed by atoms with Crippen molar-refractivity contribution in [2.45, 2.75) is 12.5 Å². The van der Waals surface area contributed by atoms with E-state index >= 15 is 0 Å². The van der Waals surface area contributed by atoms with E-state index in [1.54, 1.807) is 24.3 Å². The minimum atomic E-state index is -0.00231. The molecule has 1 saturated heterocycles. The molecule has 1 fully saturated rings. The van der Waals surface area contributed by atoms with E-state index < -0.39 is 0 Å². The Labute approximate surface area is 113 Å². The van der Waals surface area contributed by atoms with Gasteiger partial charge in [0, 0.05) is 37.8 Å². The molecule has 1 aromatic carbocycles. The second-order valence-corrected chi connectivity index (χ2v) is 4.85. The molecule has 2 N–H and O–H groups in total. The van der Waals surface area contributed by atoms with Gasteiger partial charge in [-0.1, -0.05) is 0 Å². The van der Waals surface area contributed by atoms with Gasteiger partial charge in [0.1, 0.15) is 0 Å². The van der Waals surface area contributed by atoms with Crippen LogP contribution in [0.2, 0.25) is 0 Å². The highest BCUT2D eigenvalue weighted by Gasteiger charge is 2.19. The van der Waals surface area contributed by atoms with Crippen molar-refractivity contribution >= 4 is 11.6 Å². The molecule has 1 unspecified atom stereocenters. The van der Waals surface area contributed by atoms with Gasteiger partial charge in [0.15, 0.2) is 0 Å². The molecule has 0 aliphatic carbocycles. The van der Waals surface area contributed by atoms with Crippen LogP contribution in [0.3, 0.4) is 0 Å². The summed E-state index contributed by atoms with van der Waals surface area (Å²) in [7, 11) is 2.06. The Morgan fingerprint density at radius 2 is 2.26 bits per heavy atom. The third kappa shape index (κ3) is 4.05. The van der Waals surface area contributed by atoms with Crippen molar-refractivity contribution in [3.63, 3.8) is 0 Å². The van der Waals surface area contributed by atoms with E-state index in [1.165, 1.54) is 0 Å². The summed E-state index contributed by atoms with van der Waals surface area (Å²) < 4.78 is 0. The summed E-state index contributed by atoms with van der Waals surface area (Å²) in [4.78, 5) is 14.1. The van der Waals surface area contributed by atoms with Crippen LogP contribution >= 0.6 is 0 Å². The van der Waals surface area contributed by atoms with Gasteiger partial charge >= 0.3 is 0 Å². The number of hydrogen-bond acceptors (Lipinski definition) is 4. The summed E-state index contributed by atoms with van der Waals surface area (Å²) >= 11 is 0. The highest BCUT2D eigenvalue weighted by molar-refractivity contribution is 5.91. The minimum Gasteiger partial charge on any atom is -0.326 e. The van der Waals surface area contributed by atoms with Crippen molar-refractivity contribution in [2.75, 3.05) is 32.0 Å². The lowest BCUT2D eigenvalue weighted by atomic mass is 10.1. The van der Waals surface area contributed by atoms with Crippen LogP contribution in [0.15, 0.2) is 24.3 Å². The van der Waals surface area contributed by atoms with Gasteiger partial charge in [-0.15, -0.1) is 0 Å². The molecule has 19 heavy (non-hydrogen) atoms. The summed E-state index contributed by atoms with van der Waals surface area (Å²) in [6.45, 7) is 2.83. The zero-order chi connectivity index (χ0) is 13.7. The van der Waals surface area contributed by atoms with E-state index in [0.717, 1.165) is 25.3 Å². The zero-order valence-electron chi connectivity index (χ0n) is 11.0. The fraction of sp³-hybridized carbons (Fsp3) is 0.429. The van der Waals surface area contributed by atoms with E-state index in [4.69, 9.17) is 5.26 Å². The molecule has 0 aromatic heterocycles. The van der Waals surface area contributed by atoms with Gasteiger partial charge < -0.3 is 15.5 Å². The predicted octanol–water partition coefficient (Wildman–Crippen LogP) is 0.790. The van der Waals surface area contributed by atoms with Crippen LogP contribution in [0, 0.1) is 11.3 Å². The molecule has 1 atom stereocenters. The second kappa shape index (κ2) is 6.32. The number of carbonyl (C=O) groups is 1. The Morgan fingerprint density at radius 1 is 1.53 bits per heavy atom. The number of nitriles is 1. The lowest BCUT2D eigenvalue weighted by Gasteiger charge is -2.30. The van der Waals surface area contributed by atoms with Gasteiger partial charge in [-0.3, -0.25) is 4.79 Å². The van der Waals surface area contributed by atoms with Crippen molar-refractivity contribution in [3.05, 3.63) is 29.8 Å². The SMILES string of the molecule is CN1CCNC(CC(=O)Nc2ccc(C#N)cc2)C1. The number of hydrogen-bond donors (Lipinski definition) is 2. The van der Waals surface area contributed by atoms with Crippen LogP contribution in [0.4, 0.5) is 5.69 Å². The molecule has 0 bridgehead atoms. The fourth-order valence-electron chi connectivity index (χ4n) is 2.19. The Bertz CT molecular complexity index is 477. The summed E-state index contributed by atoms with van der Waals surface area (Å²) in [5.74, 6) is -0.00231. The maximum absolute atomic E-state index is 11.9. The van der Waals surface area contributed by atoms with Crippen molar-refractivity contribution in [1.82, 2.24) is 10.2 Å². The van der Waals surface area contributed by atoms with Gasteiger partial charge in [-0.2, -0.15) is 5.26 Å². The maximum atomic E-state index is 11.9. The third-order valence-corrected chi connectivity index (χ3v) is 3.19. The molecule has 100 valence electrons. The Kier molecular flexibility index (Phi) is 4.50. The monoisotopic (exact) mass is 258 g/mol. The predicted molar refractivity (Wildman–Crippen MR) is 73.7 cm³/mol. The quantitative estimate of drug-likeness (QED) is 0.841. The Morgan fingerprint density at radius 3 is 2.89 bits per heavy atom. The summed E-state index contributed by atoms with van der Waals surface area (Å²) in [6.07, 6.45) is 0.463. The number of nitrogens with zero attached hydrogens (tertiary/aromatic N) is 2. The van der Waals surface area contributed by atoms with E-state index in [-0.39, 0.29) is 11.9 Å². The summed E-state index contributed by atoms with van der Waals surface area (Å²) in [5, 5.41) is 14.9. The molecule has 0 radical (unpaired) electrons. The molecule has 1 amide bonds. The number of nitrogens with one attached hydrogen (secondary N) is 2. The molecule has 0 saturated carbocycles. The number of carbonyl (C=O) groups excluding carboxylic acids is 1. The fourth-order valence-corrected chi connectivity index (χ4v) is 2.19. The zero-order valence-corrected chi connectivity index (χ0v) is 11.0. The molecule has 5 nitrogen and oxygen atoms in total. The van der Waals surface area contributed by atoms with Crippen LogP contribution in [0.5, 0.6) is 0 Å². The Balaban J connectivity index is 1.85. The van der Waals surface area contributed by atoms with Crippen molar-refractivity contribution in [3.8, 4) is 6.07 Å². The molecular formula is C14H18N4O. The Hall–Kier alpha value is -1.90. The molecule has 1 aliphatic heterocycles. The van der Waals surface area contributed by atoms with E-state index in [1.807, 2.05) is 6.07 Å². The number of benzene rings is 1. The van der Waals surface area contributed by atoms with Gasteiger partial charge in [0.2, 0.25) is 5.91 Å². The average molecular weight is 258 g/mol. The van der Waals surface area contributed by atoms with Crippen LogP contribution in [-0.2, 0) is 4.79 Å². The van der Waals surface area contributed by atoms with Crippen molar-refractivity contribution in [1.29, 1.82) is 5.26 Å². The van der Waals surface area contributed by atoms with E-state index in [0.29, 0.717) is 12.0 Å². The molecule has 2 rings (SSSR count). The highest BCUT2D eigenvalue weighted by atomic mass is 16.1. The minimum absolute atomic E-state index is 0.00231. The lowest BCUT2D eigenvalue weighted by Crippen LogP contribution is -2.50. The van der Waals surface area contributed by atoms with Gasteiger partial charge in [-0.25, -0.2) is 0 Å². The first kappa shape index (κ1) is 13.5. The first-order valence-electron chi connectivity index (χ1n) is 6.39. The summed E-state index contributed by atoms with van der Waals surface area (Å²) in [5.41, 5.74) is 1.32. The summed E-state index contributed by atoms with van der Waals surface area (Å²) in [6, 6.07) is 9.14. The molecule has 0 spiro atoms. The molecule has 5 heteroatoms. The normalized spacial score (nSPS) is 19.7. The van der Waals surface area contributed by atoms with Gasteiger partial charge in [-0.05, 0) is 31.3 Å². The number of amides is 1. The number of rotatable bonds is 3. The topological polar surface area (TPSA) is 68.2 Å². The van der Waals surface area contributed by atoms with Gasteiger partial charge in [0.25, 0.3) is 0 Å². The van der Waals surface area contributed by atoms with Crippen LogP contribution in [-0.4, -0.2) is 43.5 Å². The average Bonchev–Trinajstić information content (AvgIpc) is 2.39. The van der Waals surface area contributed by atoms with Crippen LogP contribution in [0.25, 0.3) is 0 Å². The number of anilines is 1. The highest BCUT2D eigenvalue weighted by Crippen LogP contribution is 2.10. The number of likely N-dealkylation sites (N-methyl/N-ethyl adjacent to an activating group) is 1. The molecule has 1 aromatic rings. The van der Waals surface area contributed by atoms with E-state index in [2.05, 4.69) is 22.6 Å². The second-order valence-electron chi connectivity index (χ2n) is 4.85. The maximum Gasteiger partial charge on any atom is 0.225 e. The van der Waals surface area contributed by atoms with Crippen molar-refractivity contribution < 1.29 is 4.79 Å². The number of piperazine rings is 1. The lowest BCUT2D eigenvalue weighted by molar-refractivity contribution is -0.116. The molecule has 1 aliphatic rings.